The first-order valence-electron chi connectivity index (χ1n) is 6.26. The first-order chi connectivity index (χ1) is 9.63. The maximum Gasteiger partial charge on any atom is 0.125 e. The van der Waals surface area contributed by atoms with Crippen LogP contribution in [0.3, 0.4) is 0 Å². The molecule has 3 aromatic rings. The molecule has 0 spiro atoms. The van der Waals surface area contributed by atoms with Crippen molar-refractivity contribution in [2.24, 2.45) is 0 Å². The number of benzene rings is 1. The lowest BCUT2D eigenvalue weighted by atomic mass is 10.2. The second kappa shape index (κ2) is 4.85. The smallest absolute Gasteiger partial charge is 0.125 e. The zero-order valence-corrected chi connectivity index (χ0v) is 11.2. The average Bonchev–Trinajstić information content (AvgIpc) is 2.81. The highest BCUT2D eigenvalue weighted by molar-refractivity contribution is 5.61. The van der Waals surface area contributed by atoms with E-state index in [9.17, 15) is 4.39 Å². The molecular formula is C15H13FN4. The highest BCUT2D eigenvalue weighted by Crippen LogP contribution is 2.22. The Hall–Kier alpha value is -2.56. The van der Waals surface area contributed by atoms with Crippen molar-refractivity contribution in [2.75, 3.05) is 0 Å². The van der Waals surface area contributed by atoms with Crippen molar-refractivity contribution in [1.29, 1.82) is 0 Å². The molecule has 0 aliphatic heterocycles. The van der Waals surface area contributed by atoms with Crippen LogP contribution in [0.5, 0.6) is 0 Å². The number of halogens is 1. The highest BCUT2D eigenvalue weighted by atomic mass is 19.1. The second-order valence-electron chi connectivity index (χ2n) is 4.54. The fraction of sp³-hybridized carbons (Fsp3) is 0.133. The summed E-state index contributed by atoms with van der Waals surface area (Å²) in [5, 5.41) is 4.42. The summed E-state index contributed by atoms with van der Waals surface area (Å²) in [5.74, 6) is 0.426. The van der Waals surface area contributed by atoms with Gasteiger partial charge in [0, 0.05) is 18.0 Å². The lowest BCUT2D eigenvalue weighted by Crippen LogP contribution is -1.95. The van der Waals surface area contributed by atoms with Crippen LogP contribution in [0.2, 0.25) is 0 Å². The summed E-state index contributed by atoms with van der Waals surface area (Å²) in [4.78, 5) is 8.47. The van der Waals surface area contributed by atoms with Crippen LogP contribution in [0.25, 0.3) is 16.9 Å². The Balaban J connectivity index is 2.08. The maximum atomic E-state index is 13.3. The Labute approximate surface area is 115 Å². The van der Waals surface area contributed by atoms with Gasteiger partial charge in [-0.2, -0.15) is 5.10 Å². The minimum Gasteiger partial charge on any atom is -0.242 e. The molecule has 0 saturated carbocycles. The summed E-state index contributed by atoms with van der Waals surface area (Å²) in [5.41, 5.74) is 3.26. The molecule has 0 unspecified atom stereocenters. The highest BCUT2D eigenvalue weighted by Gasteiger charge is 2.10. The van der Waals surface area contributed by atoms with Crippen LogP contribution in [0.15, 0.2) is 42.7 Å². The number of aromatic nitrogens is 4. The van der Waals surface area contributed by atoms with Crippen LogP contribution >= 0.6 is 0 Å². The molecule has 0 bridgehead atoms. The third kappa shape index (κ3) is 2.30. The molecule has 0 N–H and O–H groups in total. The van der Waals surface area contributed by atoms with E-state index in [2.05, 4.69) is 15.1 Å². The van der Waals surface area contributed by atoms with Crippen LogP contribution < -0.4 is 0 Å². The summed E-state index contributed by atoms with van der Waals surface area (Å²) in [6.07, 6.45) is 3.57. The topological polar surface area (TPSA) is 43.6 Å². The van der Waals surface area contributed by atoms with Gasteiger partial charge >= 0.3 is 0 Å². The molecule has 0 fully saturated rings. The molecule has 0 saturated heterocycles. The van der Waals surface area contributed by atoms with Gasteiger partial charge in [0.1, 0.15) is 11.6 Å². The number of hydrogen-bond acceptors (Lipinski definition) is 3. The Morgan fingerprint density at radius 1 is 1.15 bits per heavy atom. The fourth-order valence-electron chi connectivity index (χ4n) is 2.07. The van der Waals surface area contributed by atoms with Gasteiger partial charge in [0.2, 0.25) is 0 Å². The van der Waals surface area contributed by atoms with Gasteiger partial charge in [-0.1, -0.05) is 6.07 Å². The summed E-state index contributed by atoms with van der Waals surface area (Å²) in [7, 11) is 0. The normalized spacial score (nSPS) is 10.8. The predicted molar refractivity (Wildman–Crippen MR) is 74.0 cm³/mol. The van der Waals surface area contributed by atoms with Crippen LogP contribution in [0, 0.1) is 19.7 Å². The molecule has 1 aromatic carbocycles. The van der Waals surface area contributed by atoms with Gasteiger partial charge < -0.3 is 0 Å². The number of rotatable bonds is 2. The molecule has 3 rings (SSSR count). The summed E-state index contributed by atoms with van der Waals surface area (Å²) >= 11 is 0. The van der Waals surface area contributed by atoms with Crippen molar-refractivity contribution in [3.05, 3.63) is 60.1 Å². The lowest BCUT2D eigenvalue weighted by Gasteiger charge is -2.00. The largest absolute Gasteiger partial charge is 0.242 e. The zero-order valence-electron chi connectivity index (χ0n) is 11.2. The molecule has 2 heterocycles. The quantitative estimate of drug-likeness (QED) is 0.717. The monoisotopic (exact) mass is 268 g/mol. The Morgan fingerprint density at radius 2 is 2.00 bits per heavy atom. The first kappa shape index (κ1) is 12.5. The van der Waals surface area contributed by atoms with Gasteiger partial charge in [0.05, 0.1) is 17.1 Å². The third-order valence-electron chi connectivity index (χ3n) is 3.02. The van der Waals surface area contributed by atoms with Gasteiger partial charge in [-0.3, -0.25) is 0 Å². The van der Waals surface area contributed by atoms with E-state index in [4.69, 9.17) is 0 Å². The standard InChI is InChI=1S/C15H13FN4/c1-10-14(15-6-7-17-11(2)18-15)9-20(19-10)13-5-3-4-12(16)8-13/h3-9H,1-2H3. The molecule has 20 heavy (non-hydrogen) atoms. The third-order valence-corrected chi connectivity index (χ3v) is 3.02. The summed E-state index contributed by atoms with van der Waals surface area (Å²) < 4.78 is 14.9. The lowest BCUT2D eigenvalue weighted by molar-refractivity contribution is 0.625. The van der Waals surface area contributed by atoms with Crippen molar-refractivity contribution in [2.45, 2.75) is 13.8 Å². The van der Waals surface area contributed by atoms with Crippen molar-refractivity contribution < 1.29 is 4.39 Å². The SMILES string of the molecule is Cc1nccc(-c2cn(-c3cccc(F)c3)nc2C)n1. The Bertz CT molecular complexity index is 764. The van der Waals surface area contributed by atoms with Gasteiger partial charge in [-0.05, 0) is 38.1 Å². The maximum absolute atomic E-state index is 13.3. The van der Waals surface area contributed by atoms with Crippen molar-refractivity contribution >= 4 is 0 Å². The zero-order chi connectivity index (χ0) is 14.1. The van der Waals surface area contributed by atoms with E-state index in [1.165, 1.54) is 12.1 Å². The number of hydrogen-bond donors (Lipinski definition) is 0. The molecule has 0 amide bonds. The minimum atomic E-state index is -0.282. The van der Waals surface area contributed by atoms with Gasteiger partial charge in [0.15, 0.2) is 0 Å². The van der Waals surface area contributed by atoms with Crippen LogP contribution in [-0.2, 0) is 0 Å². The van der Waals surface area contributed by atoms with E-state index >= 15 is 0 Å². The number of aryl methyl sites for hydroxylation is 2. The predicted octanol–water partition coefficient (Wildman–Crippen LogP) is 3.09. The summed E-state index contributed by atoms with van der Waals surface area (Å²) in [6.45, 7) is 3.75. The molecule has 4 nitrogen and oxygen atoms in total. The number of nitrogens with zero attached hydrogens (tertiary/aromatic N) is 4. The summed E-state index contributed by atoms with van der Waals surface area (Å²) in [6, 6.07) is 8.17. The fourth-order valence-corrected chi connectivity index (χ4v) is 2.07. The van der Waals surface area contributed by atoms with Gasteiger partial charge in [-0.15, -0.1) is 0 Å². The molecule has 0 aliphatic carbocycles. The molecular weight excluding hydrogens is 255 g/mol. The van der Waals surface area contributed by atoms with Crippen molar-refractivity contribution in [1.82, 2.24) is 19.7 Å². The van der Waals surface area contributed by atoms with Crippen LogP contribution in [0.4, 0.5) is 4.39 Å². The Morgan fingerprint density at radius 3 is 2.75 bits per heavy atom. The van der Waals surface area contributed by atoms with E-state index in [1.807, 2.05) is 32.2 Å². The van der Waals surface area contributed by atoms with Crippen LogP contribution in [-0.4, -0.2) is 19.7 Å². The van der Waals surface area contributed by atoms with Gasteiger partial charge in [-0.25, -0.2) is 19.0 Å². The first-order valence-corrected chi connectivity index (χ1v) is 6.26. The van der Waals surface area contributed by atoms with E-state index in [0.29, 0.717) is 11.5 Å². The van der Waals surface area contributed by atoms with E-state index in [1.54, 1.807) is 16.9 Å². The van der Waals surface area contributed by atoms with Crippen molar-refractivity contribution in [3.8, 4) is 16.9 Å². The Kier molecular flexibility index (Phi) is 3.02. The van der Waals surface area contributed by atoms with Gasteiger partial charge in [0.25, 0.3) is 0 Å². The molecule has 5 heteroatoms. The molecule has 0 radical (unpaired) electrons. The molecule has 0 aliphatic rings. The molecule has 100 valence electrons. The van der Waals surface area contributed by atoms with E-state index < -0.39 is 0 Å². The van der Waals surface area contributed by atoms with E-state index in [0.717, 1.165) is 17.0 Å². The van der Waals surface area contributed by atoms with Crippen molar-refractivity contribution in [3.63, 3.8) is 0 Å². The van der Waals surface area contributed by atoms with E-state index in [-0.39, 0.29) is 5.82 Å². The van der Waals surface area contributed by atoms with Crippen LogP contribution in [0.1, 0.15) is 11.5 Å². The second-order valence-corrected chi connectivity index (χ2v) is 4.54. The minimum absolute atomic E-state index is 0.282. The average molecular weight is 268 g/mol. The molecule has 2 aromatic heterocycles. The molecule has 0 atom stereocenters.